The first-order chi connectivity index (χ1) is 25.3. The van der Waals surface area contributed by atoms with E-state index >= 15 is 0 Å². The van der Waals surface area contributed by atoms with Crippen molar-refractivity contribution in [3.05, 3.63) is 0 Å². The van der Waals surface area contributed by atoms with Crippen molar-refractivity contribution in [2.75, 3.05) is 79.0 Å². The predicted molar refractivity (Wildman–Crippen MR) is 203 cm³/mol. The van der Waals surface area contributed by atoms with Crippen LogP contribution in [-0.2, 0) is 42.9 Å². The Morgan fingerprint density at radius 2 is 0.865 bits per heavy atom. The maximum atomic E-state index is 12.5. The number of carbonyl (C=O) groups excluding carboxylic acids is 5. The third-order valence-electron chi connectivity index (χ3n) is 8.19. The Hall–Kier alpha value is -2.81. The van der Waals surface area contributed by atoms with Gasteiger partial charge in [0.15, 0.2) is 0 Å². The third-order valence-corrected chi connectivity index (χ3v) is 8.19. The van der Waals surface area contributed by atoms with Gasteiger partial charge < -0.3 is 45.5 Å². The molecule has 304 valence electrons. The average molecular weight is 744 g/mol. The summed E-state index contributed by atoms with van der Waals surface area (Å²) in [6.45, 7) is 10.1. The lowest BCUT2D eigenvalue weighted by atomic mass is 10.1. The maximum Gasteiger partial charge on any atom is 0.242 e. The van der Waals surface area contributed by atoms with Gasteiger partial charge in [-0.15, -0.1) is 0 Å². The molecule has 0 aromatic heterocycles. The molecule has 0 aliphatic carbocycles. The second-order valence-corrected chi connectivity index (χ2v) is 12.8. The van der Waals surface area contributed by atoms with Crippen LogP contribution in [0.4, 0.5) is 0 Å². The van der Waals surface area contributed by atoms with E-state index in [1.165, 1.54) is 57.8 Å². The second kappa shape index (κ2) is 37.9. The molecule has 0 aliphatic heterocycles. The van der Waals surface area contributed by atoms with Gasteiger partial charge >= 0.3 is 0 Å². The number of nitrogens with one attached hydrogen (secondary N) is 5. The number of ether oxygens (including phenoxy) is 4. The largest absolute Gasteiger partial charge is 0.379 e. The van der Waals surface area contributed by atoms with Crippen LogP contribution in [0.25, 0.3) is 0 Å². The minimum atomic E-state index is -0.675. The van der Waals surface area contributed by atoms with Crippen molar-refractivity contribution < 1.29 is 42.9 Å². The molecule has 52 heavy (non-hydrogen) atoms. The van der Waals surface area contributed by atoms with Crippen molar-refractivity contribution in [3.8, 4) is 0 Å². The Morgan fingerprint density at radius 3 is 1.38 bits per heavy atom. The highest BCUT2D eigenvalue weighted by Crippen LogP contribution is 2.12. The van der Waals surface area contributed by atoms with Gasteiger partial charge in [-0.05, 0) is 19.3 Å². The molecule has 0 aromatic rings. The number of amides is 5. The van der Waals surface area contributed by atoms with Crippen molar-refractivity contribution in [1.29, 1.82) is 0 Å². The molecular formula is C38H73N5O9. The molecule has 0 saturated carbocycles. The minimum Gasteiger partial charge on any atom is -0.379 e. The normalized spacial score (nSPS) is 11.5. The molecule has 0 bridgehead atoms. The van der Waals surface area contributed by atoms with Crippen LogP contribution in [0.2, 0.25) is 0 Å². The van der Waals surface area contributed by atoms with E-state index in [1.54, 1.807) is 13.8 Å². The zero-order valence-electron chi connectivity index (χ0n) is 32.8. The fraction of sp³-hybridized carbons (Fsp3) is 0.868. The molecular weight excluding hydrogens is 670 g/mol. The number of hydrogen-bond acceptors (Lipinski definition) is 9. The zero-order chi connectivity index (χ0) is 38.3. The van der Waals surface area contributed by atoms with Gasteiger partial charge in [-0.3, -0.25) is 24.0 Å². The summed E-state index contributed by atoms with van der Waals surface area (Å²) in [6.07, 6.45) is 16.4. The lowest BCUT2D eigenvalue weighted by Crippen LogP contribution is -2.47. The van der Waals surface area contributed by atoms with Gasteiger partial charge in [0, 0.05) is 51.9 Å². The molecule has 0 aliphatic rings. The predicted octanol–water partition coefficient (Wildman–Crippen LogP) is 3.69. The summed E-state index contributed by atoms with van der Waals surface area (Å²) in [5.41, 5.74) is 0. The van der Waals surface area contributed by atoms with E-state index in [2.05, 4.69) is 33.5 Å². The summed E-state index contributed by atoms with van der Waals surface area (Å²) in [7, 11) is 0. The SMILES string of the molecule is CCCCCCCCCCCCCC(=O)NCCOCCOCCNC(=O)CCOCCOCCNC(=O)C(CCCNC(=O)CC)NC(=O)CC. The van der Waals surface area contributed by atoms with Crippen molar-refractivity contribution in [2.45, 2.75) is 136 Å². The molecule has 0 saturated heterocycles. The van der Waals surface area contributed by atoms with E-state index in [0.717, 1.165) is 12.8 Å². The van der Waals surface area contributed by atoms with Crippen LogP contribution < -0.4 is 26.6 Å². The summed E-state index contributed by atoms with van der Waals surface area (Å²) in [5.74, 6) is -0.617. The monoisotopic (exact) mass is 744 g/mol. The van der Waals surface area contributed by atoms with Crippen LogP contribution in [-0.4, -0.2) is 115 Å². The zero-order valence-corrected chi connectivity index (χ0v) is 32.8. The molecule has 1 unspecified atom stereocenters. The fourth-order valence-corrected chi connectivity index (χ4v) is 5.05. The van der Waals surface area contributed by atoms with Crippen molar-refractivity contribution in [1.82, 2.24) is 26.6 Å². The van der Waals surface area contributed by atoms with Crippen molar-refractivity contribution in [3.63, 3.8) is 0 Å². The first kappa shape index (κ1) is 49.2. The highest BCUT2D eigenvalue weighted by Gasteiger charge is 2.19. The Morgan fingerprint density at radius 1 is 0.423 bits per heavy atom. The van der Waals surface area contributed by atoms with E-state index in [-0.39, 0.29) is 62.1 Å². The summed E-state index contributed by atoms with van der Waals surface area (Å²) in [4.78, 5) is 59.6. The van der Waals surface area contributed by atoms with Crippen LogP contribution in [0.15, 0.2) is 0 Å². The molecule has 1 atom stereocenters. The smallest absolute Gasteiger partial charge is 0.242 e. The molecule has 0 radical (unpaired) electrons. The van der Waals surface area contributed by atoms with Gasteiger partial charge in [0.05, 0.1) is 52.9 Å². The number of unbranched alkanes of at least 4 members (excludes halogenated alkanes) is 10. The van der Waals surface area contributed by atoms with E-state index in [1.807, 2.05) is 0 Å². The maximum absolute atomic E-state index is 12.5. The Labute approximate surface area is 313 Å². The minimum absolute atomic E-state index is 0.0535. The lowest BCUT2D eigenvalue weighted by Gasteiger charge is -2.18. The average Bonchev–Trinajstić information content (AvgIpc) is 3.14. The van der Waals surface area contributed by atoms with Crippen molar-refractivity contribution >= 4 is 29.5 Å². The van der Waals surface area contributed by atoms with Gasteiger partial charge in [0.2, 0.25) is 29.5 Å². The Bertz CT molecular complexity index is 910. The standard InChI is InChI=1S/C38H73N5O9/c1-4-7-8-9-10-11-12-13-14-15-16-19-36(46)40-22-26-50-31-32-51-27-23-41-37(47)20-25-49-29-30-52-28-24-42-38(48)33(43-35(45)6-3)18-17-21-39-34(44)5-2/h33H,4-32H2,1-3H3,(H,39,44)(H,40,46)(H,41,47)(H,42,48)(H,43,45). The molecule has 0 heterocycles. The Kier molecular flexibility index (Phi) is 35.9. The van der Waals surface area contributed by atoms with Gasteiger partial charge in [-0.25, -0.2) is 0 Å². The second-order valence-electron chi connectivity index (χ2n) is 12.8. The molecule has 5 N–H and O–H groups in total. The highest BCUT2D eigenvalue weighted by molar-refractivity contribution is 5.87. The summed E-state index contributed by atoms with van der Waals surface area (Å²) >= 11 is 0. The first-order valence-corrected chi connectivity index (χ1v) is 20.0. The van der Waals surface area contributed by atoms with E-state index < -0.39 is 6.04 Å². The van der Waals surface area contributed by atoms with Crippen molar-refractivity contribution in [2.24, 2.45) is 0 Å². The Balaban J connectivity index is 3.57. The fourth-order valence-electron chi connectivity index (χ4n) is 5.05. The molecule has 0 fully saturated rings. The summed E-state index contributed by atoms with van der Waals surface area (Å²) < 4.78 is 21.9. The van der Waals surface area contributed by atoms with Crippen LogP contribution in [0, 0.1) is 0 Å². The molecule has 14 nitrogen and oxygen atoms in total. The van der Waals surface area contributed by atoms with E-state index in [0.29, 0.717) is 85.0 Å². The first-order valence-electron chi connectivity index (χ1n) is 20.0. The van der Waals surface area contributed by atoms with Gasteiger partial charge in [0.1, 0.15) is 6.04 Å². The number of hydrogen-bond donors (Lipinski definition) is 5. The summed E-state index contributed by atoms with van der Waals surface area (Å²) in [5, 5.41) is 13.9. The third kappa shape index (κ3) is 34.3. The lowest BCUT2D eigenvalue weighted by molar-refractivity contribution is -0.129. The topological polar surface area (TPSA) is 182 Å². The highest BCUT2D eigenvalue weighted by atomic mass is 16.5. The number of rotatable bonds is 38. The quantitative estimate of drug-likeness (QED) is 0.0589. The summed E-state index contributed by atoms with van der Waals surface area (Å²) in [6, 6.07) is -0.675. The molecule has 5 amide bonds. The van der Waals surface area contributed by atoms with E-state index in [4.69, 9.17) is 18.9 Å². The van der Waals surface area contributed by atoms with Gasteiger partial charge in [0.25, 0.3) is 0 Å². The van der Waals surface area contributed by atoms with Gasteiger partial charge in [-0.1, -0.05) is 85.0 Å². The number of carbonyl (C=O) groups is 5. The molecule has 0 spiro atoms. The molecule has 0 rings (SSSR count). The van der Waals surface area contributed by atoms with Crippen LogP contribution >= 0.6 is 0 Å². The van der Waals surface area contributed by atoms with Crippen LogP contribution in [0.5, 0.6) is 0 Å². The molecule has 0 aromatic carbocycles. The van der Waals surface area contributed by atoms with Crippen LogP contribution in [0.3, 0.4) is 0 Å². The van der Waals surface area contributed by atoms with Crippen LogP contribution in [0.1, 0.15) is 130 Å². The molecule has 14 heteroatoms. The van der Waals surface area contributed by atoms with Gasteiger partial charge in [-0.2, -0.15) is 0 Å². The van der Waals surface area contributed by atoms with E-state index in [9.17, 15) is 24.0 Å².